The summed E-state index contributed by atoms with van der Waals surface area (Å²) >= 11 is 3.29. The van der Waals surface area contributed by atoms with Gasteiger partial charge in [0.1, 0.15) is 23.2 Å². The number of hydrogen-bond acceptors (Lipinski definition) is 5. The number of benzene rings is 1. The van der Waals surface area contributed by atoms with Crippen LogP contribution >= 0.6 is 15.9 Å². The van der Waals surface area contributed by atoms with E-state index in [1.165, 1.54) is 19.4 Å². The molecule has 2 rings (SSSR count). The standard InChI is InChI=1S/C15H17BrN2O4S/c1-3-22-11-18(15-6-4-5-9-17-15)23(19,20)14-10-12(16)7-8-13(14)21-2/h4-10H,3,11H2,1-2H3. The van der Waals surface area contributed by atoms with Crippen molar-refractivity contribution in [3.63, 3.8) is 0 Å². The van der Waals surface area contributed by atoms with Gasteiger partial charge in [-0.25, -0.2) is 17.7 Å². The van der Waals surface area contributed by atoms with Crippen molar-refractivity contribution in [2.75, 3.05) is 24.8 Å². The molecule has 0 aliphatic rings. The Bertz CT molecular complexity index is 753. The van der Waals surface area contributed by atoms with E-state index in [-0.39, 0.29) is 23.2 Å². The van der Waals surface area contributed by atoms with Crippen LogP contribution in [0.2, 0.25) is 0 Å². The van der Waals surface area contributed by atoms with Crippen molar-refractivity contribution in [1.82, 2.24) is 4.98 Å². The molecule has 23 heavy (non-hydrogen) atoms. The van der Waals surface area contributed by atoms with E-state index in [0.717, 1.165) is 4.31 Å². The first-order valence-electron chi connectivity index (χ1n) is 6.85. The molecule has 8 heteroatoms. The number of sulfonamides is 1. The van der Waals surface area contributed by atoms with Gasteiger partial charge in [-0.05, 0) is 37.3 Å². The number of aromatic nitrogens is 1. The molecule has 1 heterocycles. The molecule has 0 radical (unpaired) electrons. The molecule has 0 saturated carbocycles. The van der Waals surface area contributed by atoms with Crippen LogP contribution in [0.3, 0.4) is 0 Å². The lowest BCUT2D eigenvalue weighted by Gasteiger charge is -2.24. The Hall–Kier alpha value is -1.64. The normalized spacial score (nSPS) is 11.3. The zero-order valence-corrected chi connectivity index (χ0v) is 15.2. The second-order valence-corrected chi connectivity index (χ2v) is 7.20. The summed E-state index contributed by atoms with van der Waals surface area (Å²) in [6.07, 6.45) is 1.53. The zero-order chi connectivity index (χ0) is 16.9. The largest absolute Gasteiger partial charge is 0.495 e. The summed E-state index contributed by atoms with van der Waals surface area (Å²) in [6, 6.07) is 9.85. The fraction of sp³-hybridized carbons (Fsp3) is 0.267. The molecule has 0 fully saturated rings. The molecular weight excluding hydrogens is 384 g/mol. The molecule has 0 aliphatic carbocycles. The van der Waals surface area contributed by atoms with Crippen LogP contribution in [0.5, 0.6) is 5.75 Å². The van der Waals surface area contributed by atoms with E-state index in [1.54, 1.807) is 37.3 Å². The molecule has 2 aromatic rings. The Morgan fingerprint density at radius 2 is 2.04 bits per heavy atom. The van der Waals surface area contributed by atoms with Gasteiger partial charge in [0.2, 0.25) is 0 Å². The van der Waals surface area contributed by atoms with Crippen molar-refractivity contribution in [2.24, 2.45) is 0 Å². The summed E-state index contributed by atoms with van der Waals surface area (Å²) in [7, 11) is -2.47. The highest BCUT2D eigenvalue weighted by Crippen LogP contribution is 2.31. The molecule has 0 bridgehead atoms. The van der Waals surface area contributed by atoms with Gasteiger partial charge in [-0.2, -0.15) is 0 Å². The van der Waals surface area contributed by atoms with Crippen LogP contribution in [0, 0.1) is 0 Å². The second-order valence-electron chi connectivity index (χ2n) is 4.46. The van der Waals surface area contributed by atoms with Gasteiger partial charge in [-0.3, -0.25) is 0 Å². The third-order valence-electron chi connectivity index (χ3n) is 3.01. The Labute approximate surface area is 144 Å². The van der Waals surface area contributed by atoms with Gasteiger partial charge in [0.15, 0.2) is 0 Å². The minimum atomic E-state index is -3.90. The first-order valence-corrected chi connectivity index (χ1v) is 9.09. The molecule has 1 aromatic heterocycles. The fourth-order valence-electron chi connectivity index (χ4n) is 1.90. The third-order valence-corrected chi connectivity index (χ3v) is 5.25. The van der Waals surface area contributed by atoms with E-state index in [0.29, 0.717) is 11.1 Å². The molecule has 6 nitrogen and oxygen atoms in total. The van der Waals surface area contributed by atoms with E-state index in [9.17, 15) is 8.42 Å². The van der Waals surface area contributed by atoms with Crippen molar-refractivity contribution in [2.45, 2.75) is 11.8 Å². The lowest BCUT2D eigenvalue weighted by molar-refractivity contribution is 0.157. The van der Waals surface area contributed by atoms with Crippen molar-refractivity contribution < 1.29 is 17.9 Å². The maximum atomic E-state index is 13.1. The second kappa shape index (κ2) is 7.76. The van der Waals surface area contributed by atoms with Crippen molar-refractivity contribution in [3.05, 3.63) is 47.1 Å². The van der Waals surface area contributed by atoms with E-state index in [4.69, 9.17) is 9.47 Å². The van der Waals surface area contributed by atoms with Crippen LogP contribution in [0.1, 0.15) is 6.92 Å². The number of nitrogens with zero attached hydrogens (tertiary/aromatic N) is 2. The quantitative estimate of drug-likeness (QED) is 0.668. The Kier molecular flexibility index (Phi) is 5.97. The fourth-order valence-corrected chi connectivity index (χ4v) is 3.90. The average Bonchev–Trinajstić information content (AvgIpc) is 2.56. The molecule has 0 unspecified atom stereocenters. The van der Waals surface area contributed by atoms with Gasteiger partial charge >= 0.3 is 0 Å². The van der Waals surface area contributed by atoms with E-state index in [2.05, 4.69) is 20.9 Å². The summed E-state index contributed by atoms with van der Waals surface area (Å²) in [5.41, 5.74) is 0. The highest BCUT2D eigenvalue weighted by atomic mass is 79.9. The van der Waals surface area contributed by atoms with E-state index < -0.39 is 10.0 Å². The number of methoxy groups -OCH3 is 1. The summed E-state index contributed by atoms with van der Waals surface area (Å²) in [4.78, 5) is 4.16. The Morgan fingerprint density at radius 3 is 2.65 bits per heavy atom. The van der Waals surface area contributed by atoms with Crippen molar-refractivity contribution in [3.8, 4) is 5.75 Å². The van der Waals surface area contributed by atoms with Crippen LogP contribution in [0.4, 0.5) is 5.82 Å². The SMILES string of the molecule is CCOCN(c1ccccn1)S(=O)(=O)c1cc(Br)ccc1OC. The van der Waals surface area contributed by atoms with Crippen molar-refractivity contribution >= 4 is 31.8 Å². The first kappa shape index (κ1) is 17.7. The van der Waals surface area contributed by atoms with Crippen LogP contribution < -0.4 is 9.04 Å². The van der Waals surface area contributed by atoms with E-state index in [1.807, 2.05) is 0 Å². The van der Waals surface area contributed by atoms with Crippen LogP contribution in [-0.2, 0) is 14.8 Å². The van der Waals surface area contributed by atoms with Crippen LogP contribution in [0.25, 0.3) is 0 Å². The molecule has 1 aromatic carbocycles. The molecule has 0 spiro atoms. The number of anilines is 1. The number of halogens is 1. The number of hydrogen-bond donors (Lipinski definition) is 0. The predicted octanol–water partition coefficient (Wildman–Crippen LogP) is 3.04. The highest BCUT2D eigenvalue weighted by molar-refractivity contribution is 9.10. The molecule has 0 aliphatic heterocycles. The Balaban J connectivity index is 2.54. The third kappa shape index (κ3) is 4.01. The number of ether oxygens (including phenoxy) is 2. The molecule has 0 saturated heterocycles. The molecule has 0 atom stereocenters. The maximum Gasteiger partial charge on any atom is 0.271 e. The first-order chi connectivity index (χ1) is 11.0. The van der Waals surface area contributed by atoms with Gasteiger partial charge in [0.05, 0.1) is 7.11 Å². The molecule has 0 amide bonds. The van der Waals surface area contributed by atoms with Crippen LogP contribution in [-0.4, -0.2) is 33.8 Å². The summed E-state index contributed by atoms with van der Waals surface area (Å²) in [6.45, 7) is 2.04. The maximum absolute atomic E-state index is 13.1. The lowest BCUT2D eigenvalue weighted by atomic mass is 10.3. The lowest BCUT2D eigenvalue weighted by Crippen LogP contribution is -2.34. The monoisotopic (exact) mass is 400 g/mol. The topological polar surface area (TPSA) is 68.7 Å². The van der Waals surface area contributed by atoms with Gasteiger partial charge in [0, 0.05) is 17.3 Å². The minimum absolute atomic E-state index is 0.0414. The minimum Gasteiger partial charge on any atom is -0.495 e. The molecular formula is C15H17BrN2O4S. The molecule has 124 valence electrons. The molecule has 0 N–H and O–H groups in total. The van der Waals surface area contributed by atoms with Crippen molar-refractivity contribution in [1.29, 1.82) is 0 Å². The van der Waals surface area contributed by atoms with Gasteiger partial charge < -0.3 is 9.47 Å². The summed E-state index contributed by atoms with van der Waals surface area (Å²) in [5.74, 6) is 0.536. The highest BCUT2D eigenvalue weighted by Gasteiger charge is 2.29. The van der Waals surface area contributed by atoms with E-state index >= 15 is 0 Å². The van der Waals surface area contributed by atoms with Crippen LogP contribution in [0.15, 0.2) is 52.0 Å². The zero-order valence-electron chi connectivity index (χ0n) is 12.8. The summed E-state index contributed by atoms with van der Waals surface area (Å²) in [5, 5.41) is 0. The summed E-state index contributed by atoms with van der Waals surface area (Å²) < 4.78 is 38.4. The number of pyridine rings is 1. The average molecular weight is 401 g/mol. The Morgan fingerprint density at radius 1 is 1.26 bits per heavy atom. The predicted molar refractivity (Wildman–Crippen MR) is 91.1 cm³/mol. The van der Waals surface area contributed by atoms with Gasteiger partial charge in [0.25, 0.3) is 10.0 Å². The van der Waals surface area contributed by atoms with Gasteiger partial charge in [-0.1, -0.05) is 22.0 Å². The smallest absolute Gasteiger partial charge is 0.271 e. The van der Waals surface area contributed by atoms with Gasteiger partial charge in [-0.15, -0.1) is 0 Å². The number of rotatable bonds is 7.